The molecule has 1 rings (SSSR count). The topological polar surface area (TPSA) is 64.9 Å². The molecule has 0 radical (unpaired) electrons. The molecule has 6 heteroatoms. The van der Waals surface area contributed by atoms with Crippen molar-refractivity contribution >= 4 is 5.95 Å². The van der Waals surface area contributed by atoms with Crippen LogP contribution in [0.3, 0.4) is 0 Å². The average molecular weight is 199 g/mol. The third kappa shape index (κ3) is 3.69. The molecule has 1 heterocycles. The number of hydrogen-bond donors (Lipinski definition) is 1. The summed E-state index contributed by atoms with van der Waals surface area (Å²) >= 11 is 0. The van der Waals surface area contributed by atoms with Gasteiger partial charge in [-0.1, -0.05) is 12.0 Å². The van der Waals surface area contributed by atoms with Gasteiger partial charge in [-0.15, -0.1) is 0 Å². The molecule has 0 saturated carbocycles. The summed E-state index contributed by atoms with van der Waals surface area (Å²) in [6, 6.07) is 0. The van der Waals surface area contributed by atoms with Crippen molar-refractivity contribution in [1.29, 1.82) is 0 Å². The number of nitrogens with zero attached hydrogens (tertiary/aromatic N) is 4. The lowest BCUT2D eigenvalue weighted by Gasteiger charge is -2.04. The molecule has 0 saturated heterocycles. The number of anilines is 1. The zero-order valence-electron chi connectivity index (χ0n) is 8.73. The quantitative estimate of drug-likeness (QED) is 0.645. The molecule has 1 N–H and O–H groups in total. The van der Waals surface area contributed by atoms with Gasteiger partial charge in [-0.2, -0.15) is 0 Å². The Labute approximate surface area is 83.6 Å². The van der Waals surface area contributed by atoms with Crippen molar-refractivity contribution in [3.63, 3.8) is 0 Å². The Hall–Kier alpha value is -1.17. The lowest BCUT2D eigenvalue weighted by Crippen LogP contribution is -2.09. The summed E-state index contributed by atoms with van der Waals surface area (Å²) in [6.07, 6.45) is 2.04. The molecule has 80 valence electrons. The molecule has 0 spiro atoms. The molecule has 0 amide bonds. The molecule has 0 aliphatic heterocycles. The fourth-order valence-corrected chi connectivity index (χ4v) is 1.00. The van der Waals surface area contributed by atoms with E-state index < -0.39 is 0 Å². The average Bonchev–Trinajstić information content (AvgIpc) is 2.58. The van der Waals surface area contributed by atoms with Crippen molar-refractivity contribution in [2.75, 3.05) is 25.1 Å². The monoisotopic (exact) mass is 199 g/mol. The molecule has 0 aliphatic rings. The highest BCUT2D eigenvalue weighted by molar-refractivity contribution is 5.20. The molecule has 0 fully saturated rings. The van der Waals surface area contributed by atoms with Crippen LogP contribution in [0.4, 0.5) is 5.95 Å². The third-order valence-electron chi connectivity index (χ3n) is 1.72. The summed E-state index contributed by atoms with van der Waals surface area (Å²) in [5, 5.41) is 14.1. The van der Waals surface area contributed by atoms with Gasteiger partial charge in [0.1, 0.15) is 0 Å². The van der Waals surface area contributed by atoms with E-state index in [1.54, 1.807) is 11.7 Å². The minimum atomic E-state index is 0.695. The van der Waals surface area contributed by atoms with E-state index in [-0.39, 0.29) is 0 Å². The van der Waals surface area contributed by atoms with Gasteiger partial charge in [0.05, 0.1) is 0 Å². The van der Waals surface area contributed by atoms with E-state index >= 15 is 0 Å². The molecule has 0 bridgehead atoms. The van der Waals surface area contributed by atoms with Crippen molar-refractivity contribution in [2.45, 2.75) is 19.8 Å². The van der Waals surface area contributed by atoms with Gasteiger partial charge in [0, 0.05) is 26.8 Å². The van der Waals surface area contributed by atoms with Gasteiger partial charge in [-0.25, -0.2) is 4.68 Å². The largest absolute Gasteiger partial charge is 0.381 e. The number of aryl methyl sites for hydroxylation is 1. The van der Waals surface area contributed by atoms with Crippen LogP contribution >= 0.6 is 0 Å². The Morgan fingerprint density at radius 3 is 2.93 bits per heavy atom. The first-order valence-corrected chi connectivity index (χ1v) is 4.88. The number of tetrazole rings is 1. The molecular formula is C8H17N5O. The summed E-state index contributed by atoms with van der Waals surface area (Å²) in [5.41, 5.74) is 0. The molecule has 6 nitrogen and oxygen atoms in total. The minimum Gasteiger partial charge on any atom is -0.381 e. The summed E-state index contributed by atoms with van der Waals surface area (Å²) in [5.74, 6) is 0.695. The van der Waals surface area contributed by atoms with E-state index in [0.717, 1.165) is 32.6 Å². The van der Waals surface area contributed by atoms with Gasteiger partial charge in [-0.3, -0.25) is 0 Å². The zero-order valence-corrected chi connectivity index (χ0v) is 8.73. The second kappa shape index (κ2) is 6.31. The van der Waals surface area contributed by atoms with Crippen LogP contribution in [0.1, 0.15) is 19.8 Å². The first-order chi connectivity index (χ1) is 6.84. The van der Waals surface area contributed by atoms with Crippen LogP contribution in [0.25, 0.3) is 0 Å². The Morgan fingerprint density at radius 2 is 2.29 bits per heavy atom. The van der Waals surface area contributed by atoms with Gasteiger partial charge < -0.3 is 10.1 Å². The summed E-state index contributed by atoms with van der Waals surface area (Å²) in [4.78, 5) is 0. The maximum atomic E-state index is 5.33. The lowest BCUT2D eigenvalue weighted by atomic mass is 10.4. The van der Waals surface area contributed by atoms with Crippen LogP contribution in [0, 0.1) is 0 Å². The number of ether oxygens (including phenoxy) is 1. The molecule has 1 aromatic rings. The Morgan fingerprint density at radius 1 is 1.43 bits per heavy atom. The number of rotatable bonds is 7. The lowest BCUT2D eigenvalue weighted by molar-refractivity contribution is 0.134. The van der Waals surface area contributed by atoms with Crippen molar-refractivity contribution in [1.82, 2.24) is 20.2 Å². The second-order valence-electron chi connectivity index (χ2n) is 3.02. The van der Waals surface area contributed by atoms with E-state index in [9.17, 15) is 0 Å². The van der Waals surface area contributed by atoms with Crippen molar-refractivity contribution in [3.05, 3.63) is 0 Å². The van der Waals surface area contributed by atoms with Crippen LogP contribution in [-0.2, 0) is 11.8 Å². The summed E-state index contributed by atoms with van der Waals surface area (Å²) < 4.78 is 6.94. The normalized spacial score (nSPS) is 10.4. The molecule has 14 heavy (non-hydrogen) atoms. The molecule has 0 aliphatic carbocycles. The van der Waals surface area contributed by atoms with E-state index in [0.29, 0.717) is 5.95 Å². The number of hydrogen-bond acceptors (Lipinski definition) is 5. The minimum absolute atomic E-state index is 0.695. The fraction of sp³-hybridized carbons (Fsp3) is 0.875. The highest BCUT2D eigenvalue weighted by Crippen LogP contribution is 1.95. The Kier molecular flexibility index (Phi) is 4.92. The van der Waals surface area contributed by atoms with E-state index in [4.69, 9.17) is 4.74 Å². The molecule has 0 atom stereocenters. The molecule has 1 aromatic heterocycles. The van der Waals surface area contributed by atoms with E-state index in [1.807, 2.05) is 0 Å². The highest BCUT2D eigenvalue weighted by atomic mass is 16.5. The molecule has 0 unspecified atom stereocenters. The zero-order chi connectivity index (χ0) is 10.2. The van der Waals surface area contributed by atoms with Gasteiger partial charge in [0.15, 0.2) is 0 Å². The summed E-state index contributed by atoms with van der Waals surface area (Å²) in [6.45, 7) is 4.55. The Bertz CT molecular complexity index is 250. The van der Waals surface area contributed by atoms with Crippen molar-refractivity contribution in [2.24, 2.45) is 7.05 Å². The van der Waals surface area contributed by atoms with E-state index in [2.05, 4.69) is 27.8 Å². The van der Waals surface area contributed by atoms with Crippen LogP contribution in [0.5, 0.6) is 0 Å². The number of nitrogens with one attached hydrogen (secondary N) is 1. The van der Waals surface area contributed by atoms with E-state index in [1.165, 1.54) is 0 Å². The fourth-order valence-electron chi connectivity index (χ4n) is 1.00. The SMILES string of the molecule is CCCOCCCNc1nnnn1C. The second-order valence-corrected chi connectivity index (χ2v) is 3.02. The highest BCUT2D eigenvalue weighted by Gasteiger charge is 1.98. The molecular weight excluding hydrogens is 182 g/mol. The first kappa shape index (κ1) is 10.9. The predicted octanol–water partition coefficient (Wildman–Crippen LogP) is 0.439. The smallest absolute Gasteiger partial charge is 0.242 e. The summed E-state index contributed by atoms with van der Waals surface area (Å²) in [7, 11) is 1.80. The van der Waals surface area contributed by atoms with Crippen LogP contribution in [0.2, 0.25) is 0 Å². The van der Waals surface area contributed by atoms with Crippen LogP contribution < -0.4 is 5.32 Å². The predicted molar refractivity (Wildman–Crippen MR) is 53.0 cm³/mol. The van der Waals surface area contributed by atoms with Gasteiger partial charge in [0.2, 0.25) is 5.95 Å². The number of aromatic nitrogens is 4. The maximum absolute atomic E-state index is 5.33. The van der Waals surface area contributed by atoms with Crippen LogP contribution in [-0.4, -0.2) is 40.0 Å². The van der Waals surface area contributed by atoms with Gasteiger partial charge >= 0.3 is 0 Å². The van der Waals surface area contributed by atoms with Crippen LogP contribution in [0.15, 0.2) is 0 Å². The first-order valence-electron chi connectivity index (χ1n) is 4.88. The third-order valence-corrected chi connectivity index (χ3v) is 1.72. The maximum Gasteiger partial charge on any atom is 0.242 e. The van der Waals surface area contributed by atoms with Gasteiger partial charge in [0.25, 0.3) is 0 Å². The standard InChI is InChI=1S/C8H17N5O/c1-3-6-14-7-4-5-9-8-10-11-12-13(8)2/h3-7H2,1-2H3,(H,9,10,12). The van der Waals surface area contributed by atoms with Gasteiger partial charge in [-0.05, 0) is 23.3 Å². The molecule has 0 aromatic carbocycles. The Balaban J connectivity index is 2.02. The van der Waals surface area contributed by atoms with Crippen molar-refractivity contribution in [3.8, 4) is 0 Å². The van der Waals surface area contributed by atoms with Crippen molar-refractivity contribution < 1.29 is 4.74 Å².